The van der Waals surface area contributed by atoms with E-state index in [1.165, 1.54) is 6.21 Å². The number of benzene rings is 1. The first kappa shape index (κ1) is 17.8. The van der Waals surface area contributed by atoms with Gasteiger partial charge in [0.25, 0.3) is 0 Å². The minimum absolute atomic E-state index is 0.155. The van der Waals surface area contributed by atoms with Gasteiger partial charge in [0.2, 0.25) is 35.9 Å². The fourth-order valence-corrected chi connectivity index (χ4v) is 3.80. The fourth-order valence-electron chi connectivity index (χ4n) is 3.80. The van der Waals surface area contributed by atoms with Crippen molar-refractivity contribution in [3.8, 4) is 36.9 Å². The molecule has 0 saturated carbocycles. The van der Waals surface area contributed by atoms with Gasteiger partial charge >= 0.3 is 0 Å². The van der Waals surface area contributed by atoms with Crippen LogP contribution in [0.3, 0.4) is 0 Å². The van der Waals surface area contributed by atoms with Gasteiger partial charge in [-0.15, -0.1) is 10.2 Å². The summed E-state index contributed by atoms with van der Waals surface area (Å²) < 4.78 is 0. The van der Waals surface area contributed by atoms with Crippen LogP contribution in [0, 0.1) is 68.5 Å². The first-order valence-electron chi connectivity index (χ1n) is 8.03. The number of nitriles is 6. The minimum atomic E-state index is -2.35. The zero-order valence-electron chi connectivity index (χ0n) is 14.7. The van der Waals surface area contributed by atoms with Crippen LogP contribution in [0.5, 0.6) is 0 Å². The van der Waals surface area contributed by atoms with Gasteiger partial charge in [0, 0.05) is 10.8 Å². The van der Waals surface area contributed by atoms with Gasteiger partial charge in [-0.25, -0.2) is 0 Å². The molecule has 0 amide bonds. The minimum Gasteiger partial charge on any atom is -0.195 e. The standard InChI is InChI=1S/C17H5N13/c18-6-16-14(5-24-26-25-16)12-3-1-2-4-13(12)15-17(16,7-19)28(9-21)30(11-23)29(10-22)27(15)8-20/h1-5H. The van der Waals surface area contributed by atoms with E-state index >= 15 is 0 Å². The summed E-state index contributed by atoms with van der Waals surface area (Å²) in [4.78, 5) is 0. The molecule has 1 aromatic rings. The average molecular weight is 391 g/mol. The van der Waals surface area contributed by atoms with E-state index in [2.05, 4.69) is 15.4 Å². The molecule has 1 fully saturated rings. The molecule has 2 atom stereocenters. The lowest BCUT2D eigenvalue weighted by molar-refractivity contribution is -0.202. The smallest absolute Gasteiger partial charge is 0.195 e. The normalized spacial score (nSPS) is 25.4. The average Bonchev–Trinajstić information content (AvgIpc) is 2.81. The molecule has 0 N–H and O–H groups in total. The van der Waals surface area contributed by atoms with Gasteiger partial charge in [-0.1, -0.05) is 34.5 Å². The van der Waals surface area contributed by atoms with Crippen molar-refractivity contribution in [2.45, 2.75) is 11.1 Å². The second-order valence-corrected chi connectivity index (χ2v) is 5.99. The van der Waals surface area contributed by atoms with Gasteiger partial charge in [-0.3, -0.25) is 0 Å². The predicted octanol–water partition coefficient (Wildman–Crippen LogP) is -1.17. The third kappa shape index (κ3) is 1.66. The fraction of sp³-hybridized carbons (Fsp3) is 0.118. The van der Waals surface area contributed by atoms with Crippen LogP contribution in [0.25, 0.3) is 11.3 Å². The first-order chi connectivity index (χ1) is 14.6. The number of hydrogen-bond acceptors (Lipinski definition) is 13. The Balaban J connectivity index is 2.36. The number of nitrogens with zero attached hydrogens (tertiary/aromatic N) is 13. The van der Waals surface area contributed by atoms with Crippen LogP contribution in [0.1, 0.15) is 0 Å². The maximum Gasteiger partial charge on any atom is 0.247 e. The molecule has 1 saturated heterocycles. The second-order valence-electron chi connectivity index (χ2n) is 5.99. The van der Waals surface area contributed by atoms with Crippen molar-refractivity contribution in [1.29, 1.82) is 31.6 Å². The van der Waals surface area contributed by atoms with E-state index in [1.807, 2.05) is 12.1 Å². The third-order valence-corrected chi connectivity index (χ3v) is 4.94. The summed E-state index contributed by atoms with van der Waals surface area (Å²) in [5.41, 5.74) is -4.57. The molecule has 0 spiro atoms. The molecular weight excluding hydrogens is 386 g/mol. The molecule has 2 aliphatic heterocycles. The van der Waals surface area contributed by atoms with E-state index in [0.29, 0.717) is 25.5 Å². The topological polar surface area (TPSA) is 193 Å². The Morgan fingerprint density at radius 2 is 1.50 bits per heavy atom. The number of hydrogen-bond donors (Lipinski definition) is 0. The Hall–Kier alpha value is -5.63. The summed E-state index contributed by atoms with van der Waals surface area (Å²) in [5.74, 6) is 0. The zero-order chi connectivity index (χ0) is 21.5. The van der Waals surface area contributed by atoms with E-state index in [1.54, 1.807) is 49.0 Å². The predicted molar refractivity (Wildman–Crippen MR) is 92.4 cm³/mol. The van der Waals surface area contributed by atoms with Gasteiger partial charge in [0.05, 0.1) is 6.21 Å². The van der Waals surface area contributed by atoms with E-state index in [-0.39, 0.29) is 16.5 Å². The van der Waals surface area contributed by atoms with Gasteiger partial charge in [0.15, 0.2) is 0 Å². The highest BCUT2D eigenvalue weighted by molar-refractivity contribution is 6.10. The van der Waals surface area contributed by atoms with Crippen molar-refractivity contribution < 1.29 is 0 Å². The van der Waals surface area contributed by atoms with Crippen molar-refractivity contribution in [3.05, 3.63) is 34.7 Å². The highest BCUT2D eigenvalue weighted by atomic mass is 16.0. The van der Waals surface area contributed by atoms with E-state index in [9.17, 15) is 31.6 Å². The molecular formula is C17H5N13. The van der Waals surface area contributed by atoms with Crippen molar-refractivity contribution >= 4 is 17.5 Å². The molecule has 4 rings (SSSR count). The van der Waals surface area contributed by atoms with Gasteiger partial charge in [-0.2, -0.15) is 41.6 Å². The largest absolute Gasteiger partial charge is 0.247 e. The van der Waals surface area contributed by atoms with E-state index in [4.69, 9.17) is 0 Å². The maximum absolute atomic E-state index is 10.4. The van der Waals surface area contributed by atoms with Crippen LogP contribution in [-0.4, -0.2) is 37.5 Å². The van der Waals surface area contributed by atoms with Crippen LogP contribution < -0.4 is 10.4 Å². The molecule has 0 radical (unpaired) electrons. The Bertz CT molecular complexity index is 1410. The van der Waals surface area contributed by atoms with Gasteiger partial charge in [-0.05, 0) is 10.4 Å². The lowest BCUT2D eigenvalue weighted by Crippen LogP contribution is -2.78. The van der Waals surface area contributed by atoms with Crippen molar-refractivity contribution in [2.75, 3.05) is 0 Å². The summed E-state index contributed by atoms with van der Waals surface area (Å²) in [6, 6.07) is 10.3. The monoisotopic (exact) mass is 391 g/mol. The molecule has 138 valence electrons. The van der Waals surface area contributed by atoms with Crippen molar-refractivity contribution in [1.82, 2.24) is 20.3 Å². The van der Waals surface area contributed by atoms with Crippen molar-refractivity contribution in [2.24, 2.45) is 15.4 Å². The lowest BCUT2D eigenvalue weighted by atomic mass is 9.67. The molecule has 1 aliphatic carbocycles. The van der Waals surface area contributed by atoms with Crippen LogP contribution in [0.15, 0.2) is 39.7 Å². The molecule has 2 heterocycles. The molecule has 0 aromatic heterocycles. The van der Waals surface area contributed by atoms with Gasteiger partial charge in [0.1, 0.15) is 17.8 Å². The van der Waals surface area contributed by atoms with Gasteiger partial charge < -0.3 is 0 Å². The summed E-state index contributed by atoms with van der Waals surface area (Å²) in [6.07, 6.45) is 7.87. The maximum atomic E-state index is 10.4. The summed E-state index contributed by atoms with van der Waals surface area (Å²) >= 11 is 0. The zero-order valence-corrected chi connectivity index (χ0v) is 14.7. The highest BCUT2D eigenvalue weighted by Crippen LogP contribution is 2.49. The quantitative estimate of drug-likeness (QED) is 0.486. The number of hydrazine groups is 3. The van der Waals surface area contributed by atoms with Crippen molar-refractivity contribution in [3.63, 3.8) is 0 Å². The van der Waals surface area contributed by atoms with Crippen LogP contribution in [0.2, 0.25) is 0 Å². The summed E-state index contributed by atoms with van der Waals surface area (Å²) in [6.45, 7) is 0. The number of fused-ring (bicyclic) bond motifs is 4. The first-order valence-corrected chi connectivity index (χ1v) is 8.03. The van der Waals surface area contributed by atoms with E-state index < -0.39 is 11.1 Å². The Labute approximate surface area is 168 Å². The number of rotatable bonds is 0. The Morgan fingerprint density at radius 3 is 2.07 bits per heavy atom. The van der Waals surface area contributed by atoms with Crippen LogP contribution >= 0.6 is 0 Å². The molecule has 13 heteroatoms. The molecule has 3 aliphatic rings. The molecule has 1 aromatic carbocycles. The highest BCUT2D eigenvalue weighted by Gasteiger charge is 2.71. The third-order valence-electron chi connectivity index (χ3n) is 4.94. The van der Waals surface area contributed by atoms with E-state index in [0.717, 1.165) is 0 Å². The molecule has 13 nitrogen and oxygen atoms in total. The SMILES string of the molecule is N#CN1C2=c3ccccc3=C3C=NN=NC3(C#N)C2(C#N)N(C#N)N(C#N)N1C#N. The Morgan fingerprint density at radius 1 is 0.800 bits per heavy atom. The Kier molecular flexibility index (Phi) is 3.52. The summed E-state index contributed by atoms with van der Waals surface area (Å²) in [7, 11) is 0. The second kappa shape index (κ2) is 5.94. The molecule has 2 unspecified atom stereocenters. The lowest BCUT2D eigenvalue weighted by Gasteiger charge is -2.54. The molecule has 0 bridgehead atoms. The van der Waals surface area contributed by atoms with Crippen LogP contribution in [0.4, 0.5) is 0 Å². The van der Waals surface area contributed by atoms with Crippen LogP contribution in [-0.2, 0) is 0 Å². The molecule has 30 heavy (non-hydrogen) atoms. The summed E-state index contributed by atoms with van der Waals surface area (Å²) in [5, 5.41) is 73.5.